The van der Waals surface area contributed by atoms with Crippen LogP contribution in [0.3, 0.4) is 0 Å². The zero-order valence-electron chi connectivity index (χ0n) is 15.1. The number of para-hydroxylation sites is 1. The molecule has 138 valence electrons. The molecule has 0 spiro atoms. The first kappa shape index (κ1) is 17.5. The van der Waals surface area contributed by atoms with Crippen molar-refractivity contribution in [3.05, 3.63) is 78.0 Å². The van der Waals surface area contributed by atoms with Crippen molar-refractivity contribution in [3.8, 4) is 0 Å². The molecule has 4 rings (SSSR count). The average Bonchev–Trinajstić information content (AvgIpc) is 2.68. The highest BCUT2D eigenvalue weighted by Gasteiger charge is 2.19. The van der Waals surface area contributed by atoms with Gasteiger partial charge in [0.2, 0.25) is 0 Å². The van der Waals surface area contributed by atoms with E-state index in [1.165, 1.54) is 11.3 Å². The van der Waals surface area contributed by atoms with Gasteiger partial charge >= 0.3 is 0 Å². The summed E-state index contributed by atoms with van der Waals surface area (Å²) in [5.41, 5.74) is 4.37. The molecule has 1 N–H and O–H groups in total. The summed E-state index contributed by atoms with van der Waals surface area (Å²) in [5, 5.41) is 0. The molecular weight excluding hydrogens is 358 g/mol. The maximum absolute atomic E-state index is 12.5. The largest absolute Gasteiger partial charge is 0.340 e. The maximum atomic E-state index is 12.5. The minimum Gasteiger partial charge on any atom is -0.340 e. The van der Waals surface area contributed by atoms with Crippen LogP contribution >= 0.6 is 0 Å². The van der Waals surface area contributed by atoms with Crippen LogP contribution in [0.2, 0.25) is 0 Å². The van der Waals surface area contributed by atoms with Crippen LogP contribution in [0.1, 0.15) is 17.5 Å². The van der Waals surface area contributed by atoms with Gasteiger partial charge in [0.15, 0.2) is 0 Å². The molecule has 0 atom stereocenters. The second kappa shape index (κ2) is 7.04. The lowest BCUT2D eigenvalue weighted by atomic mass is 10.0. The topological polar surface area (TPSA) is 62.3 Å². The zero-order valence-corrected chi connectivity index (χ0v) is 15.9. The summed E-state index contributed by atoms with van der Waals surface area (Å²) in [7, 11) is -3.65. The molecule has 0 fully saturated rings. The Kier molecular flexibility index (Phi) is 4.58. The van der Waals surface area contributed by atoms with Crippen LogP contribution in [0.5, 0.6) is 0 Å². The van der Waals surface area contributed by atoms with E-state index in [4.69, 9.17) is 0 Å². The van der Waals surface area contributed by atoms with Crippen LogP contribution < -0.4 is 9.62 Å². The summed E-state index contributed by atoms with van der Waals surface area (Å²) >= 11 is 0. The molecule has 1 aromatic heterocycles. The number of nitrogens with zero attached hydrogens (tertiary/aromatic N) is 2. The molecule has 27 heavy (non-hydrogen) atoms. The van der Waals surface area contributed by atoms with Gasteiger partial charge in [0, 0.05) is 12.2 Å². The van der Waals surface area contributed by atoms with E-state index in [2.05, 4.69) is 32.8 Å². The summed E-state index contributed by atoms with van der Waals surface area (Å²) in [4.78, 5) is 6.79. The Morgan fingerprint density at radius 3 is 2.67 bits per heavy atom. The zero-order chi connectivity index (χ0) is 18.9. The lowest BCUT2D eigenvalue weighted by Crippen LogP contribution is -2.24. The second-order valence-corrected chi connectivity index (χ2v) is 8.39. The quantitative estimate of drug-likeness (QED) is 0.735. The number of fused-ring (bicyclic) bond motifs is 1. The van der Waals surface area contributed by atoms with E-state index < -0.39 is 10.0 Å². The third kappa shape index (κ3) is 3.66. The lowest BCUT2D eigenvalue weighted by Gasteiger charge is -2.31. The highest BCUT2D eigenvalue weighted by Crippen LogP contribution is 2.33. The summed E-state index contributed by atoms with van der Waals surface area (Å²) in [6.07, 6.45) is 3.88. The van der Waals surface area contributed by atoms with Gasteiger partial charge < -0.3 is 4.90 Å². The van der Waals surface area contributed by atoms with Crippen molar-refractivity contribution in [1.82, 2.24) is 4.98 Å². The van der Waals surface area contributed by atoms with Gasteiger partial charge in [0.1, 0.15) is 5.82 Å². The van der Waals surface area contributed by atoms with Crippen molar-refractivity contribution in [2.75, 3.05) is 16.2 Å². The van der Waals surface area contributed by atoms with Crippen molar-refractivity contribution in [3.63, 3.8) is 0 Å². The van der Waals surface area contributed by atoms with Gasteiger partial charge in [-0.15, -0.1) is 0 Å². The van der Waals surface area contributed by atoms with E-state index >= 15 is 0 Å². The van der Waals surface area contributed by atoms with Crippen molar-refractivity contribution in [2.45, 2.75) is 24.7 Å². The Morgan fingerprint density at radius 2 is 1.89 bits per heavy atom. The first-order valence-electron chi connectivity index (χ1n) is 8.94. The van der Waals surface area contributed by atoms with Gasteiger partial charge in [-0.1, -0.05) is 30.3 Å². The van der Waals surface area contributed by atoms with Gasteiger partial charge in [-0.2, -0.15) is 0 Å². The molecule has 0 saturated heterocycles. The third-order valence-corrected chi connectivity index (χ3v) is 6.06. The minimum absolute atomic E-state index is 0.235. The van der Waals surface area contributed by atoms with E-state index in [9.17, 15) is 8.42 Å². The van der Waals surface area contributed by atoms with Gasteiger partial charge in [-0.3, -0.25) is 4.72 Å². The van der Waals surface area contributed by atoms with E-state index in [1.807, 2.05) is 25.1 Å². The third-order valence-electron chi connectivity index (χ3n) is 4.71. The molecule has 0 amide bonds. The average molecular weight is 379 g/mol. The fourth-order valence-electron chi connectivity index (χ4n) is 3.39. The second-order valence-electron chi connectivity index (χ2n) is 6.71. The number of aryl methyl sites for hydroxylation is 2. The molecule has 3 aromatic rings. The SMILES string of the molecule is Cc1cccc(S(=O)(=O)Nc2ccc(N3CCCc4ccccc43)cn2)c1. The predicted molar refractivity (Wildman–Crippen MR) is 108 cm³/mol. The molecule has 2 heterocycles. The Balaban J connectivity index is 1.57. The van der Waals surface area contributed by atoms with Gasteiger partial charge in [-0.25, -0.2) is 13.4 Å². The van der Waals surface area contributed by atoms with Crippen molar-refractivity contribution >= 4 is 27.2 Å². The molecule has 1 aliphatic heterocycles. The van der Waals surface area contributed by atoms with Crippen LogP contribution in [0.15, 0.2) is 71.8 Å². The Labute approximate surface area is 159 Å². The number of pyridine rings is 1. The molecule has 0 bridgehead atoms. The first-order valence-corrected chi connectivity index (χ1v) is 10.4. The maximum Gasteiger partial charge on any atom is 0.263 e. The highest BCUT2D eigenvalue weighted by molar-refractivity contribution is 7.92. The van der Waals surface area contributed by atoms with E-state index in [-0.39, 0.29) is 4.90 Å². The van der Waals surface area contributed by atoms with Crippen LogP contribution in [-0.2, 0) is 16.4 Å². The molecule has 0 saturated carbocycles. The van der Waals surface area contributed by atoms with E-state index in [1.54, 1.807) is 30.5 Å². The number of hydrogen-bond acceptors (Lipinski definition) is 4. The fourth-order valence-corrected chi connectivity index (χ4v) is 4.50. The summed E-state index contributed by atoms with van der Waals surface area (Å²) in [6.45, 7) is 2.79. The Hall–Kier alpha value is -2.86. The number of sulfonamides is 1. The predicted octanol–water partition coefficient (Wildman–Crippen LogP) is 4.28. The van der Waals surface area contributed by atoms with Crippen molar-refractivity contribution in [1.29, 1.82) is 0 Å². The molecule has 5 nitrogen and oxygen atoms in total. The molecule has 0 radical (unpaired) electrons. The van der Waals surface area contributed by atoms with Gasteiger partial charge in [0.05, 0.1) is 16.8 Å². The number of rotatable bonds is 4. The Bertz CT molecular complexity index is 1060. The summed E-state index contributed by atoms with van der Waals surface area (Å²) in [5.74, 6) is 0.311. The number of nitrogens with one attached hydrogen (secondary N) is 1. The van der Waals surface area contributed by atoms with Crippen LogP contribution in [0, 0.1) is 6.92 Å². The fraction of sp³-hybridized carbons (Fsp3) is 0.190. The monoisotopic (exact) mass is 379 g/mol. The van der Waals surface area contributed by atoms with Crippen molar-refractivity contribution in [2.24, 2.45) is 0 Å². The minimum atomic E-state index is -3.65. The number of anilines is 3. The van der Waals surface area contributed by atoms with Crippen molar-refractivity contribution < 1.29 is 8.42 Å². The summed E-state index contributed by atoms with van der Waals surface area (Å²) in [6, 6.07) is 18.8. The van der Waals surface area contributed by atoms with E-state index in [0.29, 0.717) is 5.82 Å². The lowest BCUT2D eigenvalue weighted by molar-refractivity contribution is 0.601. The standard InChI is InChI=1S/C21H21N3O2S/c1-16-6-4-9-19(14-16)27(25,26)23-21-12-11-18(15-22-21)24-13-5-8-17-7-2-3-10-20(17)24/h2-4,6-7,9-12,14-15H,5,8,13H2,1H3,(H,22,23). The van der Waals surface area contributed by atoms with Gasteiger partial charge in [0.25, 0.3) is 10.0 Å². The summed E-state index contributed by atoms with van der Waals surface area (Å²) < 4.78 is 27.6. The van der Waals surface area contributed by atoms with Crippen LogP contribution in [0.25, 0.3) is 0 Å². The molecule has 1 aliphatic rings. The first-order chi connectivity index (χ1) is 13.0. The number of hydrogen-bond donors (Lipinski definition) is 1. The number of benzene rings is 2. The molecular formula is C21H21N3O2S. The number of aromatic nitrogens is 1. The smallest absolute Gasteiger partial charge is 0.263 e. The molecule has 0 unspecified atom stereocenters. The molecule has 2 aromatic carbocycles. The van der Waals surface area contributed by atoms with E-state index in [0.717, 1.165) is 30.6 Å². The van der Waals surface area contributed by atoms with Gasteiger partial charge in [-0.05, 0) is 61.2 Å². The normalized spacial score (nSPS) is 13.9. The van der Waals surface area contributed by atoms with Crippen LogP contribution in [-0.4, -0.2) is 19.9 Å². The molecule has 6 heteroatoms. The highest BCUT2D eigenvalue weighted by atomic mass is 32.2. The van der Waals surface area contributed by atoms with Crippen LogP contribution in [0.4, 0.5) is 17.2 Å². The molecule has 0 aliphatic carbocycles. The Morgan fingerprint density at radius 1 is 1.04 bits per heavy atom.